The predicted molar refractivity (Wildman–Crippen MR) is 41.2 cm³/mol. The fourth-order valence-electron chi connectivity index (χ4n) is 0.616. The Morgan fingerprint density at radius 1 is 1.64 bits per heavy atom. The summed E-state index contributed by atoms with van der Waals surface area (Å²) in [7, 11) is 0. The van der Waals surface area contributed by atoms with E-state index < -0.39 is 0 Å². The average molecular weight is 157 g/mol. The summed E-state index contributed by atoms with van der Waals surface area (Å²) < 4.78 is 4.74. The monoisotopic (exact) mass is 157 g/mol. The van der Waals surface area contributed by atoms with E-state index in [-0.39, 0.29) is 17.6 Å². The zero-order valence-corrected chi connectivity index (χ0v) is 7.03. The molecule has 11 heavy (non-hydrogen) atoms. The summed E-state index contributed by atoms with van der Waals surface area (Å²) >= 11 is 0. The number of ether oxygens (including phenoxy) is 1. The van der Waals surface area contributed by atoms with Crippen LogP contribution >= 0.6 is 0 Å². The number of nitrogens with zero attached hydrogens (tertiary/aromatic N) is 2. The highest BCUT2D eigenvalue weighted by atomic mass is 16.6. The van der Waals surface area contributed by atoms with Gasteiger partial charge in [0, 0.05) is 0 Å². The predicted octanol–water partition coefficient (Wildman–Crippen LogP) is 2.26. The fourth-order valence-corrected chi connectivity index (χ4v) is 0.616. The first-order chi connectivity index (χ1) is 5.13. The van der Waals surface area contributed by atoms with E-state index in [1.54, 1.807) is 20.8 Å². The van der Waals surface area contributed by atoms with Gasteiger partial charge in [0.1, 0.15) is 0 Å². The minimum absolute atomic E-state index is 0.0495. The molecule has 0 aliphatic rings. The molecule has 1 N–H and O–H groups in total. The van der Waals surface area contributed by atoms with E-state index in [1.165, 1.54) is 0 Å². The molecule has 0 heterocycles. The van der Waals surface area contributed by atoms with Crippen LogP contribution in [0.25, 0.3) is 4.98 Å². The molecule has 0 aromatic rings. The Morgan fingerprint density at radius 3 is 2.45 bits per heavy atom. The molecule has 0 aliphatic carbocycles. The van der Waals surface area contributed by atoms with Gasteiger partial charge in [-0.2, -0.15) is 0 Å². The fraction of sp³-hybridized carbons (Fsp3) is 0.714. The summed E-state index contributed by atoms with van der Waals surface area (Å²) in [6, 6.07) is 0. The second kappa shape index (κ2) is 4.56. The Labute approximate surface area is 66.1 Å². The van der Waals surface area contributed by atoms with Gasteiger partial charge in [0.05, 0.1) is 12.5 Å². The largest absolute Gasteiger partial charge is 0.475 e. The van der Waals surface area contributed by atoms with Crippen molar-refractivity contribution in [1.29, 1.82) is 5.39 Å². The van der Waals surface area contributed by atoms with Crippen LogP contribution in [0.2, 0.25) is 0 Å². The highest BCUT2D eigenvalue weighted by Crippen LogP contribution is 2.14. The molecule has 0 rings (SSSR count). The molecule has 0 aromatic heterocycles. The molecular formula is C7H13N2O2+. The van der Waals surface area contributed by atoms with Crippen molar-refractivity contribution < 1.29 is 9.84 Å². The Kier molecular flexibility index (Phi) is 4.04. The third kappa shape index (κ3) is 2.89. The molecular weight excluding hydrogens is 144 g/mol. The molecule has 4 nitrogen and oxygen atoms in total. The average Bonchev–Trinajstić information content (AvgIpc) is 1.88. The molecule has 0 fully saturated rings. The van der Waals surface area contributed by atoms with Gasteiger partial charge in [0.25, 0.3) is 0 Å². The third-order valence-electron chi connectivity index (χ3n) is 1.15. The Bertz CT molecular complexity index is 191. The van der Waals surface area contributed by atoms with Crippen molar-refractivity contribution in [2.45, 2.75) is 20.8 Å². The van der Waals surface area contributed by atoms with E-state index in [1.807, 2.05) is 0 Å². The summed E-state index contributed by atoms with van der Waals surface area (Å²) in [5, 5.41) is 17.5. The van der Waals surface area contributed by atoms with Crippen LogP contribution in [-0.2, 0) is 4.74 Å². The van der Waals surface area contributed by atoms with Crippen molar-refractivity contribution in [3.05, 3.63) is 16.6 Å². The molecule has 0 unspecified atom stereocenters. The lowest BCUT2D eigenvalue weighted by Gasteiger charge is -1.98. The first-order valence-corrected chi connectivity index (χ1v) is 3.54. The maximum Gasteiger partial charge on any atom is 0.442 e. The van der Waals surface area contributed by atoms with E-state index in [2.05, 4.69) is 4.98 Å². The topological polar surface area (TPSA) is 57.6 Å². The van der Waals surface area contributed by atoms with Crippen molar-refractivity contribution in [1.82, 2.24) is 0 Å². The molecule has 0 saturated carbocycles. The van der Waals surface area contributed by atoms with Crippen molar-refractivity contribution in [3.63, 3.8) is 0 Å². The molecule has 0 atom stereocenters. The number of hydrogen-bond donors (Lipinski definition) is 1. The Hall–Kier alpha value is -1.24. The van der Waals surface area contributed by atoms with E-state index in [9.17, 15) is 0 Å². The number of hydrogen-bond acceptors (Lipinski definition) is 3. The lowest BCUT2D eigenvalue weighted by atomic mass is 10.1. The molecule has 0 saturated heterocycles. The second-order valence-corrected chi connectivity index (χ2v) is 2.38. The maximum atomic E-state index is 9.08. The molecule has 0 aromatic carbocycles. The zero-order chi connectivity index (χ0) is 8.85. The summed E-state index contributed by atoms with van der Waals surface area (Å²) in [4.78, 5) is 2.91. The Balaban J connectivity index is 4.44. The van der Waals surface area contributed by atoms with Crippen LogP contribution in [-0.4, -0.2) is 11.7 Å². The maximum absolute atomic E-state index is 9.08. The lowest BCUT2D eigenvalue weighted by Crippen LogP contribution is -1.99. The summed E-state index contributed by atoms with van der Waals surface area (Å²) in [5.74, 6) is -0.350. The van der Waals surface area contributed by atoms with Gasteiger partial charge >= 0.3 is 11.6 Å². The molecule has 0 spiro atoms. The van der Waals surface area contributed by atoms with Crippen LogP contribution in [0, 0.1) is 11.3 Å². The number of aliphatic hydroxyl groups excluding tert-OH is 1. The van der Waals surface area contributed by atoms with Gasteiger partial charge in [0.2, 0.25) is 5.39 Å². The van der Waals surface area contributed by atoms with E-state index in [0.717, 1.165) is 0 Å². The SMILES string of the molecule is CCO/C(O)=C(/[N+]#N)C(C)C. The molecule has 4 heteroatoms. The highest BCUT2D eigenvalue weighted by molar-refractivity contribution is 5.11. The molecule has 0 aliphatic heterocycles. The van der Waals surface area contributed by atoms with Crippen molar-refractivity contribution in [2.75, 3.05) is 6.61 Å². The van der Waals surface area contributed by atoms with E-state index in [4.69, 9.17) is 15.2 Å². The molecule has 0 radical (unpaired) electrons. The standard InChI is InChI=1S/C7H12N2O2/c1-4-11-7(10)6(9-8)5(2)3/h5H,4H2,1-3H3/p+1/b7-6+. The number of rotatable bonds is 3. The van der Waals surface area contributed by atoms with Crippen LogP contribution < -0.4 is 0 Å². The quantitative estimate of drug-likeness (QED) is 0.505. The summed E-state index contributed by atoms with van der Waals surface area (Å²) in [6.45, 7) is 5.69. The van der Waals surface area contributed by atoms with E-state index in [0.29, 0.717) is 6.61 Å². The Morgan fingerprint density at radius 2 is 2.18 bits per heavy atom. The number of aliphatic hydroxyl groups is 1. The van der Waals surface area contributed by atoms with Gasteiger partial charge in [0.15, 0.2) is 4.98 Å². The normalized spacial score (nSPS) is 12.3. The van der Waals surface area contributed by atoms with Gasteiger partial charge in [-0.25, -0.2) is 0 Å². The van der Waals surface area contributed by atoms with Crippen LogP contribution in [0.3, 0.4) is 0 Å². The van der Waals surface area contributed by atoms with Crippen molar-refractivity contribution in [2.24, 2.45) is 5.92 Å². The number of diazo groups is 1. The third-order valence-corrected chi connectivity index (χ3v) is 1.15. The minimum atomic E-state index is -0.301. The molecule has 0 bridgehead atoms. The van der Waals surface area contributed by atoms with Gasteiger partial charge in [-0.05, 0) is 6.92 Å². The summed E-state index contributed by atoms with van der Waals surface area (Å²) in [6.07, 6.45) is 0. The zero-order valence-electron chi connectivity index (χ0n) is 7.03. The number of allylic oxidation sites excluding steroid dienone is 1. The van der Waals surface area contributed by atoms with Gasteiger partial charge in [-0.3, -0.25) is 0 Å². The van der Waals surface area contributed by atoms with Crippen molar-refractivity contribution in [3.8, 4) is 0 Å². The summed E-state index contributed by atoms with van der Waals surface area (Å²) in [5.41, 5.74) is 0.173. The van der Waals surface area contributed by atoms with Crippen LogP contribution in [0.5, 0.6) is 0 Å². The highest BCUT2D eigenvalue weighted by Gasteiger charge is 2.24. The van der Waals surface area contributed by atoms with Gasteiger partial charge in [-0.1, -0.05) is 13.8 Å². The van der Waals surface area contributed by atoms with Crippen molar-refractivity contribution >= 4 is 0 Å². The molecule has 0 amide bonds. The van der Waals surface area contributed by atoms with Gasteiger partial charge in [-0.15, -0.1) is 0 Å². The smallest absolute Gasteiger partial charge is 0.442 e. The van der Waals surface area contributed by atoms with Crippen LogP contribution in [0.15, 0.2) is 11.6 Å². The van der Waals surface area contributed by atoms with Crippen LogP contribution in [0.4, 0.5) is 0 Å². The van der Waals surface area contributed by atoms with Gasteiger partial charge < -0.3 is 9.84 Å². The second-order valence-electron chi connectivity index (χ2n) is 2.38. The van der Waals surface area contributed by atoms with Crippen LogP contribution in [0.1, 0.15) is 20.8 Å². The minimum Gasteiger partial charge on any atom is -0.475 e. The lowest BCUT2D eigenvalue weighted by molar-refractivity contribution is 0.0963. The first kappa shape index (κ1) is 9.76. The first-order valence-electron chi connectivity index (χ1n) is 3.54. The van der Waals surface area contributed by atoms with E-state index >= 15 is 0 Å². The molecule has 62 valence electrons.